The Kier molecular flexibility index (Phi) is 11.1. The first-order valence-corrected chi connectivity index (χ1v) is 15.2. The molecule has 2 heterocycles. The molecule has 6 nitrogen and oxygen atoms in total. The van der Waals surface area contributed by atoms with E-state index in [2.05, 4.69) is 32.9 Å². The second-order valence-electron chi connectivity index (χ2n) is 12.0. The summed E-state index contributed by atoms with van der Waals surface area (Å²) >= 11 is 0. The van der Waals surface area contributed by atoms with Crippen LogP contribution in [0.25, 0.3) is 22.9 Å². The smallest absolute Gasteiger partial charge is 0.337 e. The van der Waals surface area contributed by atoms with Crippen LogP contribution in [-0.2, 0) is 24.2 Å². The van der Waals surface area contributed by atoms with E-state index in [1.54, 1.807) is 18.2 Å². The number of para-hydroxylation sites is 1. The predicted octanol–water partition coefficient (Wildman–Crippen LogP) is 8.37. The largest absolute Gasteiger partial charge is 0.660 e. The number of hydrogen-bond donors (Lipinski definition) is 1. The van der Waals surface area contributed by atoms with Gasteiger partial charge in [0, 0.05) is 41.9 Å². The van der Waals surface area contributed by atoms with Gasteiger partial charge in [-0.15, -0.1) is 11.4 Å². The van der Waals surface area contributed by atoms with E-state index in [9.17, 15) is 9.59 Å². The average Bonchev–Trinajstić information content (AvgIpc) is 3.51. The molecule has 0 bridgehead atoms. The molecule has 2 aliphatic rings. The monoisotopic (exact) mass is 651 g/mol. The Balaban J connectivity index is 0.000000398. The number of nitrogens with zero attached hydrogens (tertiary/aromatic N) is 2. The third kappa shape index (κ3) is 7.42. The molecule has 1 N–H and O–H groups in total. The SMILES string of the molecule is CC1=NC(=Cc2[n-]c(C)c(C(=O)OC3C(C)CC(C)CC3C)c2-c2ccccc2)c2ccccc21.O=Cc1ccccc1O.[Zn]. The topological polar surface area (TPSA) is 90.1 Å². The van der Waals surface area contributed by atoms with Crippen LogP contribution in [0.3, 0.4) is 0 Å². The number of esters is 1. The summed E-state index contributed by atoms with van der Waals surface area (Å²) in [6.45, 7) is 10.6. The van der Waals surface area contributed by atoms with E-state index in [0.717, 1.165) is 52.2 Å². The number of benzene rings is 3. The molecule has 0 spiro atoms. The van der Waals surface area contributed by atoms with Crippen LogP contribution in [0.15, 0.2) is 83.9 Å². The van der Waals surface area contributed by atoms with Gasteiger partial charge in [-0.05, 0) is 66.9 Å². The Hall–Kier alpha value is -4.09. The van der Waals surface area contributed by atoms with Crippen LogP contribution in [0.4, 0.5) is 0 Å². The number of ether oxygens (including phenoxy) is 1. The minimum absolute atomic E-state index is 0. The maximum absolute atomic E-state index is 13.7. The molecule has 45 heavy (non-hydrogen) atoms. The molecule has 0 amide bonds. The number of aryl methyl sites for hydroxylation is 1. The molecule has 3 aromatic carbocycles. The summed E-state index contributed by atoms with van der Waals surface area (Å²) in [5.74, 6) is 1.11. The van der Waals surface area contributed by atoms with Gasteiger partial charge in [-0.25, -0.2) is 4.79 Å². The Morgan fingerprint density at radius 3 is 2.11 bits per heavy atom. The maximum Gasteiger partial charge on any atom is 0.337 e. The van der Waals surface area contributed by atoms with Gasteiger partial charge >= 0.3 is 5.97 Å². The molecule has 1 saturated carbocycles. The van der Waals surface area contributed by atoms with Gasteiger partial charge in [0.15, 0.2) is 6.29 Å². The fraction of sp³-hybridized carbons (Fsp3) is 0.289. The van der Waals surface area contributed by atoms with Crippen molar-refractivity contribution in [2.45, 2.75) is 53.6 Å². The van der Waals surface area contributed by atoms with Crippen molar-refractivity contribution in [1.82, 2.24) is 4.98 Å². The van der Waals surface area contributed by atoms with Crippen molar-refractivity contribution in [3.05, 3.63) is 113 Å². The van der Waals surface area contributed by atoms with Gasteiger partial charge in [0.25, 0.3) is 0 Å². The maximum atomic E-state index is 13.7. The zero-order valence-electron chi connectivity index (χ0n) is 26.7. The Morgan fingerprint density at radius 2 is 1.49 bits per heavy atom. The predicted molar refractivity (Wildman–Crippen MR) is 176 cm³/mol. The van der Waals surface area contributed by atoms with Gasteiger partial charge in [0.05, 0.1) is 11.3 Å². The summed E-state index contributed by atoms with van der Waals surface area (Å²) in [4.78, 5) is 33.4. The molecular formula is C38H39N2O4Zn-. The van der Waals surface area contributed by atoms with E-state index in [1.165, 1.54) is 6.07 Å². The third-order valence-corrected chi connectivity index (χ3v) is 8.55. The van der Waals surface area contributed by atoms with Crippen LogP contribution in [0.5, 0.6) is 5.75 Å². The second kappa shape index (κ2) is 14.8. The Labute approximate surface area is 278 Å². The molecule has 228 valence electrons. The van der Waals surface area contributed by atoms with Crippen molar-refractivity contribution in [2.75, 3.05) is 0 Å². The van der Waals surface area contributed by atoms with Crippen molar-refractivity contribution < 1.29 is 38.9 Å². The van der Waals surface area contributed by atoms with Crippen molar-refractivity contribution in [1.29, 1.82) is 0 Å². The summed E-state index contributed by atoms with van der Waals surface area (Å²) in [6.07, 6.45) is 4.72. The van der Waals surface area contributed by atoms with Gasteiger partial charge in [-0.3, -0.25) is 9.79 Å². The number of carbonyl (C=O) groups is 2. The molecule has 1 aliphatic heterocycles. The number of phenols is 1. The minimum atomic E-state index is -0.275. The van der Waals surface area contributed by atoms with E-state index in [0.29, 0.717) is 40.9 Å². The molecule has 6 rings (SSSR count). The molecule has 2 atom stereocenters. The third-order valence-electron chi connectivity index (χ3n) is 8.55. The van der Waals surface area contributed by atoms with Crippen LogP contribution >= 0.6 is 0 Å². The van der Waals surface area contributed by atoms with Gasteiger partial charge in [-0.1, -0.05) is 94.4 Å². The summed E-state index contributed by atoms with van der Waals surface area (Å²) < 4.78 is 6.22. The number of phenolic OH excluding ortho intramolecular Hbond substituents is 1. The zero-order chi connectivity index (χ0) is 31.4. The average molecular weight is 653 g/mol. The van der Waals surface area contributed by atoms with Crippen LogP contribution < -0.4 is 4.98 Å². The van der Waals surface area contributed by atoms with E-state index in [1.807, 2.05) is 62.4 Å². The Bertz CT molecular complexity index is 1710. The fourth-order valence-electron chi connectivity index (χ4n) is 6.61. The van der Waals surface area contributed by atoms with E-state index < -0.39 is 0 Å². The number of aromatic hydroxyl groups is 1. The van der Waals surface area contributed by atoms with E-state index in [4.69, 9.17) is 19.8 Å². The van der Waals surface area contributed by atoms with E-state index >= 15 is 0 Å². The van der Waals surface area contributed by atoms with Crippen molar-refractivity contribution >= 4 is 29.7 Å². The Morgan fingerprint density at radius 1 is 0.889 bits per heavy atom. The number of fused-ring (bicyclic) bond motifs is 1. The molecule has 7 heteroatoms. The quantitative estimate of drug-likeness (QED) is 0.133. The summed E-state index contributed by atoms with van der Waals surface area (Å²) in [5.41, 5.74) is 8.21. The normalized spacial score (nSPS) is 21.1. The zero-order valence-corrected chi connectivity index (χ0v) is 29.6. The van der Waals surface area contributed by atoms with E-state index in [-0.39, 0.29) is 37.3 Å². The van der Waals surface area contributed by atoms with Crippen LogP contribution in [0.2, 0.25) is 0 Å². The molecule has 1 aliphatic carbocycles. The molecule has 4 aromatic rings. The first-order chi connectivity index (χ1) is 21.2. The fourth-order valence-corrected chi connectivity index (χ4v) is 6.61. The minimum Gasteiger partial charge on any atom is -0.660 e. The van der Waals surface area contributed by atoms with Crippen molar-refractivity contribution in [3.63, 3.8) is 0 Å². The molecule has 1 fully saturated rings. The first-order valence-electron chi connectivity index (χ1n) is 15.2. The number of hydrogen-bond acceptors (Lipinski definition) is 5. The molecule has 2 unspecified atom stereocenters. The van der Waals surface area contributed by atoms with Gasteiger partial charge in [0.1, 0.15) is 11.9 Å². The number of aldehydes is 1. The molecule has 0 radical (unpaired) electrons. The molecular weight excluding hydrogens is 614 g/mol. The molecule has 0 saturated heterocycles. The van der Waals surface area contributed by atoms with Gasteiger partial charge < -0.3 is 14.8 Å². The second-order valence-corrected chi connectivity index (χ2v) is 12.0. The van der Waals surface area contributed by atoms with Crippen LogP contribution in [-0.4, -0.2) is 29.2 Å². The summed E-state index contributed by atoms with van der Waals surface area (Å²) in [6, 6.07) is 24.6. The van der Waals surface area contributed by atoms with Gasteiger partial charge in [0.2, 0.25) is 0 Å². The van der Waals surface area contributed by atoms with Crippen LogP contribution in [0, 0.1) is 24.7 Å². The van der Waals surface area contributed by atoms with Crippen molar-refractivity contribution in [3.8, 4) is 16.9 Å². The number of aromatic nitrogens is 1. The van der Waals surface area contributed by atoms with Crippen LogP contribution in [0.1, 0.15) is 83.8 Å². The number of carbonyl (C=O) groups excluding carboxylic acids is 2. The number of rotatable bonds is 5. The first kappa shape index (κ1) is 33.8. The standard InChI is InChI=1S/C31H34N2O2.C7H6O2.Zn/c1-18-15-19(2)30(20(3)16-18)35-31(34)28-22(5)33-27(29(28)23-11-7-6-8-12-23)17-26-25-14-10-9-13-24(25)21(4)32-26;8-5-6-3-1-2-4-7(6)9;/h6-14,17-20,30H,15-16H2,1-5H3,(H,32,33,34);1-5,9H;/p-1. The number of aliphatic imine (C=N–C) groups is 1. The summed E-state index contributed by atoms with van der Waals surface area (Å²) in [5, 5.41) is 8.88. The molecule has 1 aromatic heterocycles. The van der Waals surface area contributed by atoms with Gasteiger partial charge in [-0.2, -0.15) is 0 Å². The van der Waals surface area contributed by atoms with Crippen molar-refractivity contribution in [2.24, 2.45) is 22.7 Å². The summed E-state index contributed by atoms with van der Waals surface area (Å²) in [7, 11) is 0.